The highest BCUT2D eigenvalue weighted by Crippen LogP contribution is 2.32. The maximum atomic E-state index is 13.2. The van der Waals surface area contributed by atoms with E-state index in [0.717, 1.165) is 30.2 Å². The predicted molar refractivity (Wildman–Crippen MR) is 124 cm³/mol. The van der Waals surface area contributed by atoms with Crippen molar-refractivity contribution in [2.24, 2.45) is 5.92 Å². The van der Waals surface area contributed by atoms with Crippen LogP contribution in [0.15, 0.2) is 41.3 Å². The first-order valence-corrected chi connectivity index (χ1v) is 12.7. The quantitative estimate of drug-likeness (QED) is 0.701. The summed E-state index contributed by atoms with van der Waals surface area (Å²) >= 11 is 5.98. The van der Waals surface area contributed by atoms with Crippen LogP contribution in [0.5, 0.6) is 0 Å². The van der Waals surface area contributed by atoms with Gasteiger partial charge in [0, 0.05) is 38.2 Å². The topological polar surface area (TPSA) is 86.8 Å². The summed E-state index contributed by atoms with van der Waals surface area (Å²) in [6.07, 6.45) is 2.24. The van der Waals surface area contributed by atoms with Crippen LogP contribution >= 0.6 is 11.6 Å². The van der Waals surface area contributed by atoms with Gasteiger partial charge in [-0.05, 0) is 67.6 Å². The molecule has 2 aromatic carbocycles. The summed E-state index contributed by atoms with van der Waals surface area (Å²) in [5.74, 6) is -1.19. The monoisotopic (exact) mass is 493 g/mol. The molecule has 0 bridgehead atoms. The molecule has 0 unspecified atom stereocenters. The molecule has 2 aromatic rings. The lowest BCUT2D eigenvalue weighted by molar-refractivity contribution is -0.121. The van der Waals surface area contributed by atoms with Crippen molar-refractivity contribution in [3.05, 3.63) is 52.8 Å². The van der Waals surface area contributed by atoms with E-state index >= 15 is 0 Å². The first-order valence-electron chi connectivity index (χ1n) is 10.8. The molecular formula is C23H25ClFN3O4S. The van der Waals surface area contributed by atoms with Gasteiger partial charge in [0.05, 0.1) is 15.6 Å². The number of piperidine rings is 1. The smallest absolute Gasteiger partial charge is 0.243 e. The largest absolute Gasteiger partial charge is 0.325 e. The van der Waals surface area contributed by atoms with E-state index in [9.17, 15) is 22.4 Å². The van der Waals surface area contributed by atoms with Gasteiger partial charge < -0.3 is 10.2 Å². The Morgan fingerprint density at radius 3 is 2.48 bits per heavy atom. The maximum absolute atomic E-state index is 13.2. The molecule has 1 saturated heterocycles. The molecule has 4 rings (SSSR count). The highest BCUT2D eigenvalue weighted by Gasteiger charge is 2.33. The van der Waals surface area contributed by atoms with Crippen LogP contribution in [0.4, 0.5) is 15.8 Å². The number of rotatable bonds is 4. The molecule has 176 valence electrons. The molecule has 0 atom stereocenters. The predicted octanol–water partition coefficient (Wildman–Crippen LogP) is 3.82. The molecule has 0 spiro atoms. The molecule has 2 aliphatic heterocycles. The Hall–Kier alpha value is -2.49. The number of sulfonamides is 1. The molecule has 1 N–H and O–H groups in total. The molecule has 7 nitrogen and oxygen atoms in total. The lowest BCUT2D eigenvalue weighted by Crippen LogP contribution is -2.41. The first-order chi connectivity index (χ1) is 15.7. The minimum atomic E-state index is -3.72. The van der Waals surface area contributed by atoms with Gasteiger partial charge in [0.1, 0.15) is 5.82 Å². The minimum Gasteiger partial charge on any atom is -0.325 e. The highest BCUT2D eigenvalue weighted by molar-refractivity contribution is 7.89. The van der Waals surface area contributed by atoms with E-state index in [1.54, 1.807) is 23.1 Å². The van der Waals surface area contributed by atoms with Crippen molar-refractivity contribution < 1.29 is 22.4 Å². The minimum absolute atomic E-state index is 0.0613. The standard InChI is InChI=1S/C23H25ClFN3O4S/c1-15(29)28-10-2-3-17-13-19(5-7-22(17)28)33(31,32)27-11-8-16(9-12-27)23(30)26-21-6-4-18(25)14-20(21)24/h4-7,13-14,16H,2-3,8-12H2,1H3,(H,26,30). The summed E-state index contributed by atoms with van der Waals surface area (Å²) in [5, 5.41) is 2.81. The number of nitrogens with zero attached hydrogens (tertiary/aromatic N) is 2. The van der Waals surface area contributed by atoms with E-state index < -0.39 is 15.8 Å². The van der Waals surface area contributed by atoms with E-state index in [2.05, 4.69) is 5.32 Å². The van der Waals surface area contributed by atoms with Crippen molar-refractivity contribution in [2.45, 2.75) is 37.5 Å². The zero-order valence-corrected chi connectivity index (χ0v) is 19.8. The molecule has 0 aromatic heterocycles. The Morgan fingerprint density at radius 1 is 1.09 bits per heavy atom. The third-order valence-electron chi connectivity index (χ3n) is 6.20. The van der Waals surface area contributed by atoms with E-state index in [0.29, 0.717) is 25.1 Å². The number of fused-ring (bicyclic) bond motifs is 1. The SMILES string of the molecule is CC(=O)N1CCCc2cc(S(=O)(=O)N3CCC(C(=O)Nc4ccc(F)cc4Cl)CC3)ccc21. The van der Waals surface area contributed by atoms with Gasteiger partial charge in [0.2, 0.25) is 21.8 Å². The number of carbonyl (C=O) groups excluding carboxylic acids is 2. The second kappa shape index (κ2) is 9.40. The molecular weight excluding hydrogens is 469 g/mol. The van der Waals surface area contributed by atoms with Crippen molar-refractivity contribution in [1.29, 1.82) is 0 Å². The van der Waals surface area contributed by atoms with Crippen LogP contribution in [0, 0.1) is 11.7 Å². The molecule has 33 heavy (non-hydrogen) atoms. The summed E-state index contributed by atoms with van der Waals surface area (Å²) in [4.78, 5) is 26.4. The van der Waals surface area contributed by atoms with Gasteiger partial charge >= 0.3 is 0 Å². The van der Waals surface area contributed by atoms with Crippen LogP contribution in [0.25, 0.3) is 0 Å². The van der Waals surface area contributed by atoms with E-state index in [4.69, 9.17) is 11.6 Å². The third-order valence-corrected chi connectivity index (χ3v) is 8.41. The summed E-state index contributed by atoms with van der Waals surface area (Å²) in [6, 6.07) is 8.65. The number of nitrogens with one attached hydrogen (secondary N) is 1. The van der Waals surface area contributed by atoms with Crippen LogP contribution in [0.3, 0.4) is 0 Å². The first kappa shape index (κ1) is 23.7. The molecule has 0 aliphatic carbocycles. The summed E-state index contributed by atoms with van der Waals surface area (Å²) < 4.78 is 41.1. The lowest BCUT2D eigenvalue weighted by Gasteiger charge is -2.32. The van der Waals surface area contributed by atoms with Gasteiger partial charge in [0.25, 0.3) is 0 Å². The van der Waals surface area contributed by atoms with Gasteiger partial charge in [-0.2, -0.15) is 4.31 Å². The molecule has 2 heterocycles. The van der Waals surface area contributed by atoms with Crippen molar-refractivity contribution >= 4 is 44.8 Å². The Balaban J connectivity index is 1.43. The average Bonchev–Trinajstić information content (AvgIpc) is 2.80. The molecule has 1 fully saturated rings. The van der Waals surface area contributed by atoms with Gasteiger partial charge in [-0.25, -0.2) is 12.8 Å². The van der Waals surface area contributed by atoms with Crippen molar-refractivity contribution in [3.8, 4) is 0 Å². The number of aryl methyl sites for hydroxylation is 1. The highest BCUT2D eigenvalue weighted by atomic mass is 35.5. The normalized spacial score (nSPS) is 17.5. The second-order valence-electron chi connectivity index (χ2n) is 8.36. The van der Waals surface area contributed by atoms with Crippen LogP contribution in [-0.2, 0) is 26.0 Å². The number of benzene rings is 2. The third kappa shape index (κ3) is 4.90. The zero-order valence-electron chi connectivity index (χ0n) is 18.2. The van der Waals surface area contributed by atoms with Gasteiger partial charge in [0.15, 0.2) is 0 Å². The summed E-state index contributed by atoms with van der Waals surface area (Å²) in [5.41, 5.74) is 1.94. The summed E-state index contributed by atoms with van der Waals surface area (Å²) in [7, 11) is -3.72. The molecule has 2 amide bonds. The van der Waals surface area contributed by atoms with Crippen LogP contribution in [0.2, 0.25) is 5.02 Å². The Kier molecular flexibility index (Phi) is 6.74. The number of amides is 2. The molecule has 0 radical (unpaired) electrons. The molecule has 10 heteroatoms. The Labute approximate surface area is 197 Å². The Morgan fingerprint density at radius 2 is 1.82 bits per heavy atom. The van der Waals surface area contributed by atoms with Crippen LogP contribution < -0.4 is 10.2 Å². The van der Waals surface area contributed by atoms with E-state index in [1.165, 1.54) is 23.4 Å². The van der Waals surface area contributed by atoms with Crippen LogP contribution in [0.1, 0.15) is 31.7 Å². The van der Waals surface area contributed by atoms with Crippen molar-refractivity contribution in [3.63, 3.8) is 0 Å². The van der Waals surface area contributed by atoms with E-state index in [-0.39, 0.29) is 40.7 Å². The number of halogens is 2. The fourth-order valence-corrected chi connectivity index (χ4v) is 6.13. The van der Waals surface area contributed by atoms with Crippen molar-refractivity contribution in [1.82, 2.24) is 4.31 Å². The second-order valence-corrected chi connectivity index (χ2v) is 10.7. The number of carbonyl (C=O) groups is 2. The fourth-order valence-electron chi connectivity index (χ4n) is 4.39. The number of hydrogen-bond acceptors (Lipinski definition) is 4. The number of hydrogen-bond donors (Lipinski definition) is 1. The number of anilines is 2. The maximum Gasteiger partial charge on any atom is 0.243 e. The average molecular weight is 494 g/mol. The molecule has 0 saturated carbocycles. The van der Waals surface area contributed by atoms with E-state index in [1.807, 2.05) is 0 Å². The zero-order chi connectivity index (χ0) is 23.8. The summed E-state index contributed by atoms with van der Waals surface area (Å²) in [6.45, 7) is 2.57. The van der Waals surface area contributed by atoms with Gasteiger partial charge in [-0.3, -0.25) is 9.59 Å². The lowest BCUT2D eigenvalue weighted by atomic mass is 9.97. The van der Waals surface area contributed by atoms with Crippen molar-refractivity contribution in [2.75, 3.05) is 29.9 Å². The Bertz CT molecular complexity index is 1200. The van der Waals surface area contributed by atoms with Gasteiger partial charge in [-0.1, -0.05) is 11.6 Å². The van der Waals surface area contributed by atoms with Gasteiger partial charge in [-0.15, -0.1) is 0 Å². The van der Waals surface area contributed by atoms with Crippen LogP contribution in [-0.4, -0.2) is 44.2 Å². The fraction of sp³-hybridized carbons (Fsp3) is 0.391. The molecule has 2 aliphatic rings.